The number of hydrogen-bond donors (Lipinski definition) is 3. The first-order valence-corrected chi connectivity index (χ1v) is 7.92. The van der Waals surface area contributed by atoms with Gasteiger partial charge in [-0.05, 0) is 32.0 Å². The van der Waals surface area contributed by atoms with Crippen molar-refractivity contribution >= 4 is 34.9 Å². The Kier molecular flexibility index (Phi) is 6.26. The Morgan fingerprint density at radius 3 is 2.77 bits per heavy atom. The first-order valence-electron chi connectivity index (χ1n) is 7.16. The normalized spacial score (nSPS) is 17.0. The topological polar surface area (TPSA) is 75.3 Å². The van der Waals surface area contributed by atoms with Crippen molar-refractivity contribution in [2.75, 3.05) is 38.6 Å². The first kappa shape index (κ1) is 17.3. The molecular weight excluding hydrogens is 327 g/mol. The Hall–Kier alpha value is -1.08. The third kappa shape index (κ3) is 4.23. The summed E-state index contributed by atoms with van der Waals surface area (Å²) in [7, 11) is 1.58. The van der Waals surface area contributed by atoms with Gasteiger partial charge >= 0.3 is 0 Å². The van der Waals surface area contributed by atoms with Crippen LogP contribution < -0.4 is 16.0 Å². The van der Waals surface area contributed by atoms with Crippen LogP contribution in [0.4, 0.5) is 5.82 Å². The van der Waals surface area contributed by atoms with Gasteiger partial charge in [0.05, 0.1) is 10.0 Å². The number of nitrogens with one attached hydrogen (secondary N) is 3. The van der Waals surface area contributed by atoms with Gasteiger partial charge in [0.2, 0.25) is 0 Å². The molecule has 1 aliphatic heterocycles. The number of anilines is 1. The Balaban J connectivity index is 1.79. The van der Waals surface area contributed by atoms with Crippen LogP contribution in [0.5, 0.6) is 0 Å². The number of aromatic nitrogens is 1. The largest absolute Gasteiger partial charge is 0.368 e. The highest BCUT2D eigenvalue weighted by molar-refractivity contribution is 6.35. The molecule has 0 spiro atoms. The number of piperidine rings is 1. The number of amides is 1. The van der Waals surface area contributed by atoms with E-state index in [1.807, 2.05) is 0 Å². The molecule has 1 amide bonds. The summed E-state index contributed by atoms with van der Waals surface area (Å²) in [5.74, 6) is 0.470. The lowest BCUT2D eigenvalue weighted by atomic mass is 9.91. The second kappa shape index (κ2) is 7.97. The predicted molar refractivity (Wildman–Crippen MR) is 87.6 cm³/mol. The minimum atomic E-state index is -0.721. The Morgan fingerprint density at radius 1 is 1.41 bits per heavy atom. The van der Waals surface area contributed by atoms with Gasteiger partial charge in [-0.2, -0.15) is 0 Å². The molecule has 2 rings (SSSR count). The molecule has 0 bridgehead atoms. The summed E-state index contributed by atoms with van der Waals surface area (Å²) in [6, 6.07) is 1.62. The average Bonchev–Trinajstić information content (AvgIpc) is 2.53. The highest BCUT2D eigenvalue weighted by Gasteiger charge is 2.39. The summed E-state index contributed by atoms with van der Waals surface area (Å²) in [6.07, 6.45) is 2.87. The van der Waals surface area contributed by atoms with Crippen LogP contribution in [0.2, 0.25) is 10.0 Å². The predicted octanol–water partition coefficient (Wildman–Crippen LogP) is 1.69. The first-order chi connectivity index (χ1) is 10.6. The zero-order valence-electron chi connectivity index (χ0n) is 12.4. The molecule has 0 unspecified atom stereocenters. The number of hydrogen-bond acceptors (Lipinski definition) is 5. The zero-order chi connectivity index (χ0) is 16.0. The molecular formula is C14H20Cl2N4O2. The number of rotatable bonds is 6. The summed E-state index contributed by atoms with van der Waals surface area (Å²) in [6.45, 7) is 2.53. The molecule has 1 saturated heterocycles. The molecule has 0 atom stereocenters. The van der Waals surface area contributed by atoms with E-state index in [0.717, 1.165) is 13.1 Å². The van der Waals surface area contributed by atoms with Gasteiger partial charge in [-0.3, -0.25) is 4.79 Å². The van der Waals surface area contributed by atoms with Crippen LogP contribution in [0, 0.1) is 0 Å². The maximum atomic E-state index is 12.3. The summed E-state index contributed by atoms with van der Waals surface area (Å²) in [5.41, 5.74) is -0.721. The van der Waals surface area contributed by atoms with Gasteiger partial charge in [0, 0.05) is 26.4 Å². The summed E-state index contributed by atoms with van der Waals surface area (Å²) >= 11 is 11.8. The van der Waals surface area contributed by atoms with E-state index in [2.05, 4.69) is 20.9 Å². The lowest BCUT2D eigenvalue weighted by Gasteiger charge is -2.34. The molecule has 0 aromatic carbocycles. The van der Waals surface area contributed by atoms with Crippen molar-refractivity contribution in [3.8, 4) is 0 Å². The number of carbonyl (C=O) groups is 1. The third-order valence-electron chi connectivity index (χ3n) is 3.73. The molecule has 0 saturated carbocycles. The number of halogens is 2. The number of carbonyl (C=O) groups excluding carboxylic acids is 1. The highest BCUT2D eigenvalue weighted by atomic mass is 35.5. The fourth-order valence-corrected chi connectivity index (χ4v) is 2.86. The van der Waals surface area contributed by atoms with Gasteiger partial charge in [-0.25, -0.2) is 4.98 Å². The van der Waals surface area contributed by atoms with Crippen molar-refractivity contribution in [3.63, 3.8) is 0 Å². The van der Waals surface area contributed by atoms with Gasteiger partial charge < -0.3 is 20.7 Å². The molecule has 0 radical (unpaired) electrons. The van der Waals surface area contributed by atoms with Crippen molar-refractivity contribution in [3.05, 3.63) is 22.3 Å². The maximum Gasteiger partial charge on any atom is 0.252 e. The molecule has 1 aliphatic rings. The standard InChI is InChI=1S/C14H20Cl2N4O2/c1-22-14(2-4-17-5-3-14)13(21)19-7-6-18-12-11(16)8-10(15)9-20-12/h8-9,17H,2-7H2,1H3,(H,18,20)(H,19,21). The van der Waals surface area contributed by atoms with Gasteiger partial charge in [0.1, 0.15) is 11.4 Å². The van der Waals surface area contributed by atoms with Crippen LogP contribution in [0.1, 0.15) is 12.8 Å². The monoisotopic (exact) mass is 346 g/mol. The SMILES string of the molecule is COC1(C(=O)NCCNc2ncc(Cl)cc2Cl)CCNCC1. The van der Waals surface area contributed by atoms with E-state index < -0.39 is 5.60 Å². The summed E-state index contributed by atoms with van der Waals surface area (Å²) in [4.78, 5) is 16.4. The van der Waals surface area contributed by atoms with Crippen molar-refractivity contribution in [1.82, 2.24) is 15.6 Å². The molecule has 0 aliphatic carbocycles. The van der Waals surface area contributed by atoms with Crippen LogP contribution in [0.15, 0.2) is 12.3 Å². The van der Waals surface area contributed by atoms with Crippen LogP contribution in [-0.4, -0.2) is 49.8 Å². The molecule has 8 heteroatoms. The quantitative estimate of drug-likeness (QED) is 0.683. The third-order valence-corrected chi connectivity index (χ3v) is 4.22. The van der Waals surface area contributed by atoms with Crippen molar-refractivity contribution in [2.45, 2.75) is 18.4 Å². The maximum absolute atomic E-state index is 12.3. The van der Waals surface area contributed by atoms with Gasteiger partial charge in [-0.1, -0.05) is 23.2 Å². The highest BCUT2D eigenvalue weighted by Crippen LogP contribution is 2.23. The van der Waals surface area contributed by atoms with E-state index in [1.54, 1.807) is 13.2 Å². The van der Waals surface area contributed by atoms with Gasteiger partial charge in [0.25, 0.3) is 5.91 Å². The van der Waals surface area contributed by atoms with Crippen molar-refractivity contribution < 1.29 is 9.53 Å². The second-order valence-corrected chi connectivity index (χ2v) is 5.96. The number of ether oxygens (including phenoxy) is 1. The molecule has 1 aromatic heterocycles. The minimum Gasteiger partial charge on any atom is -0.368 e. The molecule has 22 heavy (non-hydrogen) atoms. The lowest BCUT2D eigenvalue weighted by molar-refractivity contribution is -0.146. The molecule has 1 aromatic rings. The molecule has 3 N–H and O–H groups in total. The number of methoxy groups -OCH3 is 1. The second-order valence-electron chi connectivity index (χ2n) is 5.12. The van der Waals surface area contributed by atoms with Gasteiger partial charge in [0.15, 0.2) is 0 Å². The van der Waals surface area contributed by atoms with E-state index in [9.17, 15) is 4.79 Å². The summed E-state index contributed by atoms with van der Waals surface area (Å²) < 4.78 is 5.47. The Bertz CT molecular complexity index is 522. The molecule has 6 nitrogen and oxygen atoms in total. The Morgan fingerprint density at radius 2 is 2.14 bits per heavy atom. The van der Waals surface area contributed by atoms with Crippen LogP contribution in [-0.2, 0) is 9.53 Å². The summed E-state index contributed by atoms with van der Waals surface area (Å²) in [5, 5.41) is 10.1. The van der Waals surface area contributed by atoms with E-state index in [0.29, 0.717) is 41.8 Å². The smallest absolute Gasteiger partial charge is 0.252 e. The van der Waals surface area contributed by atoms with Crippen LogP contribution >= 0.6 is 23.2 Å². The lowest BCUT2D eigenvalue weighted by Crippen LogP contribution is -2.54. The van der Waals surface area contributed by atoms with Crippen LogP contribution in [0.3, 0.4) is 0 Å². The van der Waals surface area contributed by atoms with E-state index in [1.165, 1.54) is 6.20 Å². The number of pyridine rings is 1. The van der Waals surface area contributed by atoms with Gasteiger partial charge in [-0.15, -0.1) is 0 Å². The molecule has 2 heterocycles. The number of nitrogens with zero attached hydrogens (tertiary/aromatic N) is 1. The van der Waals surface area contributed by atoms with Crippen molar-refractivity contribution in [1.29, 1.82) is 0 Å². The fraction of sp³-hybridized carbons (Fsp3) is 0.571. The van der Waals surface area contributed by atoms with Crippen LogP contribution in [0.25, 0.3) is 0 Å². The Labute approximate surface area is 139 Å². The molecule has 1 fully saturated rings. The molecule has 122 valence electrons. The fourth-order valence-electron chi connectivity index (χ4n) is 2.42. The zero-order valence-corrected chi connectivity index (χ0v) is 13.9. The minimum absolute atomic E-state index is 0.0755. The van der Waals surface area contributed by atoms with E-state index >= 15 is 0 Å². The van der Waals surface area contributed by atoms with E-state index in [4.69, 9.17) is 27.9 Å². The average molecular weight is 347 g/mol. The van der Waals surface area contributed by atoms with Crippen molar-refractivity contribution in [2.24, 2.45) is 0 Å². The van der Waals surface area contributed by atoms with E-state index in [-0.39, 0.29) is 5.91 Å².